The molecule has 1 aromatic carbocycles. The van der Waals surface area contributed by atoms with Crippen molar-refractivity contribution in [3.63, 3.8) is 0 Å². The van der Waals surface area contributed by atoms with Crippen LogP contribution in [-0.2, 0) is 5.41 Å². The van der Waals surface area contributed by atoms with Crippen molar-refractivity contribution in [3.8, 4) is 0 Å². The van der Waals surface area contributed by atoms with Gasteiger partial charge < -0.3 is 11.1 Å². The largest absolute Gasteiger partial charge is 0.398 e. The van der Waals surface area contributed by atoms with Gasteiger partial charge in [-0.2, -0.15) is 0 Å². The number of amides is 1. The third-order valence-corrected chi connectivity index (χ3v) is 2.90. The Morgan fingerprint density at radius 1 is 1.28 bits per heavy atom. The van der Waals surface area contributed by atoms with Gasteiger partial charge in [-0.15, -0.1) is 0 Å². The summed E-state index contributed by atoms with van der Waals surface area (Å²) in [7, 11) is 1.44. The van der Waals surface area contributed by atoms with Gasteiger partial charge in [0.2, 0.25) is 0 Å². The van der Waals surface area contributed by atoms with Gasteiger partial charge in [-0.3, -0.25) is 4.79 Å². The fourth-order valence-electron chi connectivity index (χ4n) is 1.57. The third-order valence-electron chi connectivity index (χ3n) is 2.90. The first-order valence-corrected chi connectivity index (χ1v) is 5.34. The molecule has 0 aliphatic rings. The molecule has 0 saturated carbocycles. The van der Waals surface area contributed by atoms with Crippen molar-refractivity contribution in [2.24, 2.45) is 0 Å². The Balaban J connectivity index is 3.21. The number of anilines is 1. The van der Waals surface area contributed by atoms with Crippen LogP contribution in [0.5, 0.6) is 0 Å². The molecular formula is C12H15F3N2O. The molecule has 3 nitrogen and oxygen atoms in total. The fourth-order valence-corrected chi connectivity index (χ4v) is 1.57. The number of halogens is 3. The van der Waals surface area contributed by atoms with Gasteiger partial charge in [0, 0.05) is 12.7 Å². The van der Waals surface area contributed by atoms with Crippen molar-refractivity contribution < 1.29 is 18.0 Å². The topological polar surface area (TPSA) is 55.1 Å². The number of benzene rings is 1. The molecule has 1 rings (SSSR count). The monoisotopic (exact) mass is 260 g/mol. The summed E-state index contributed by atoms with van der Waals surface area (Å²) in [4.78, 5) is 11.4. The molecule has 100 valence electrons. The summed E-state index contributed by atoms with van der Waals surface area (Å²) in [6, 6.07) is 3.89. The van der Waals surface area contributed by atoms with Crippen LogP contribution < -0.4 is 11.1 Å². The second kappa shape index (κ2) is 5.75. The summed E-state index contributed by atoms with van der Waals surface area (Å²) >= 11 is 0. The van der Waals surface area contributed by atoms with E-state index in [0.717, 1.165) is 0 Å². The molecule has 0 radical (unpaired) electrons. The summed E-state index contributed by atoms with van der Waals surface area (Å²) < 4.78 is 38.6. The predicted molar refractivity (Wildman–Crippen MR) is 63.8 cm³/mol. The summed E-state index contributed by atoms with van der Waals surface area (Å²) in [5, 5.41) is 2.38. The highest BCUT2D eigenvalue weighted by atomic mass is 19.1. The zero-order chi connectivity index (χ0) is 13.8. The van der Waals surface area contributed by atoms with E-state index in [1.54, 1.807) is 0 Å². The van der Waals surface area contributed by atoms with Crippen LogP contribution >= 0.6 is 0 Å². The molecule has 0 heterocycles. The standard InChI is InChI=1S/C12H15F3N2O/c1-17-11(18)9-3-2-8(4-10(9)16)12(5-13,6-14)7-15/h2-4H,5-7,16H2,1H3,(H,17,18). The highest BCUT2D eigenvalue weighted by Crippen LogP contribution is 2.29. The van der Waals surface area contributed by atoms with Crippen LogP contribution in [0.2, 0.25) is 0 Å². The van der Waals surface area contributed by atoms with Gasteiger partial charge in [-0.05, 0) is 17.7 Å². The molecule has 0 saturated heterocycles. The zero-order valence-electron chi connectivity index (χ0n) is 9.97. The molecule has 0 bridgehead atoms. The van der Waals surface area contributed by atoms with E-state index < -0.39 is 31.3 Å². The molecule has 0 spiro atoms. The third kappa shape index (κ3) is 2.42. The van der Waals surface area contributed by atoms with Crippen LogP contribution in [0.25, 0.3) is 0 Å². The molecule has 0 aromatic heterocycles. The lowest BCUT2D eigenvalue weighted by atomic mass is 9.83. The first-order chi connectivity index (χ1) is 8.54. The fraction of sp³-hybridized carbons (Fsp3) is 0.417. The first kappa shape index (κ1) is 14.3. The molecule has 0 aliphatic heterocycles. The number of nitrogens with two attached hydrogens (primary N) is 1. The van der Waals surface area contributed by atoms with Crippen LogP contribution in [-0.4, -0.2) is 33.0 Å². The van der Waals surface area contributed by atoms with E-state index >= 15 is 0 Å². The molecular weight excluding hydrogens is 245 g/mol. The van der Waals surface area contributed by atoms with E-state index in [1.807, 2.05) is 0 Å². The number of hydrogen-bond donors (Lipinski definition) is 2. The number of carbonyl (C=O) groups excluding carboxylic acids is 1. The summed E-state index contributed by atoms with van der Waals surface area (Å²) in [6.07, 6.45) is 0. The molecule has 1 amide bonds. The lowest BCUT2D eigenvalue weighted by Gasteiger charge is -2.25. The number of nitrogen functional groups attached to an aromatic ring is 1. The molecule has 0 atom stereocenters. The molecule has 3 N–H and O–H groups in total. The second-order valence-electron chi connectivity index (χ2n) is 4.06. The molecule has 6 heteroatoms. The van der Waals surface area contributed by atoms with Crippen LogP contribution in [0.15, 0.2) is 18.2 Å². The minimum atomic E-state index is -1.82. The lowest BCUT2D eigenvalue weighted by Crippen LogP contribution is -2.34. The highest BCUT2D eigenvalue weighted by molar-refractivity contribution is 5.99. The molecule has 0 unspecified atom stereocenters. The van der Waals surface area contributed by atoms with Crippen molar-refractivity contribution in [1.82, 2.24) is 5.32 Å². The SMILES string of the molecule is CNC(=O)c1ccc(C(CF)(CF)CF)cc1N. The van der Waals surface area contributed by atoms with E-state index in [-0.39, 0.29) is 16.8 Å². The van der Waals surface area contributed by atoms with E-state index in [1.165, 1.54) is 25.2 Å². The Bertz CT molecular complexity index is 425. The summed E-state index contributed by atoms with van der Waals surface area (Å²) in [5.74, 6) is -0.412. The predicted octanol–water partition coefficient (Wildman–Crippen LogP) is 1.77. The molecule has 0 fully saturated rings. The Morgan fingerprint density at radius 3 is 2.22 bits per heavy atom. The van der Waals surface area contributed by atoms with E-state index in [4.69, 9.17) is 5.73 Å². The smallest absolute Gasteiger partial charge is 0.253 e. The second-order valence-corrected chi connectivity index (χ2v) is 4.06. The summed E-state index contributed by atoms with van der Waals surface area (Å²) in [5.41, 5.74) is 4.17. The van der Waals surface area contributed by atoms with Crippen molar-refractivity contribution in [3.05, 3.63) is 29.3 Å². The number of rotatable bonds is 5. The van der Waals surface area contributed by atoms with Gasteiger partial charge >= 0.3 is 0 Å². The van der Waals surface area contributed by atoms with E-state index in [9.17, 15) is 18.0 Å². The molecule has 18 heavy (non-hydrogen) atoms. The number of nitrogens with one attached hydrogen (secondary N) is 1. The zero-order valence-corrected chi connectivity index (χ0v) is 9.97. The van der Waals surface area contributed by atoms with Crippen molar-refractivity contribution in [2.45, 2.75) is 5.41 Å². The van der Waals surface area contributed by atoms with Crippen molar-refractivity contribution in [1.29, 1.82) is 0 Å². The van der Waals surface area contributed by atoms with Crippen molar-refractivity contribution >= 4 is 11.6 Å². The maximum Gasteiger partial charge on any atom is 0.253 e. The molecule has 0 aliphatic carbocycles. The molecule has 1 aromatic rings. The van der Waals surface area contributed by atoms with Crippen LogP contribution in [0.4, 0.5) is 18.9 Å². The first-order valence-electron chi connectivity index (χ1n) is 5.34. The van der Waals surface area contributed by atoms with Gasteiger partial charge in [0.15, 0.2) is 0 Å². The highest BCUT2D eigenvalue weighted by Gasteiger charge is 2.33. The van der Waals surface area contributed by atoms with Gasteiger partial charge in [0.1, 0.15) is 20.0 Å². The normalized spacial score (nSPS) is 11.3. The Morgan fingerprint density at radius 2 is 1.83 bits per heavy atom. The minimum absolute atomic E-state index is 0.0616. The van der Waals surface area contributed by atoms with E-state index in [0.29, 0.717) is 0 Å². The summed E-state index contributed by atoms with van der Waals surface area (Å²) in [6.45, 7) is -3.50. The Labute approximate surface area is 103 Å². The Hall–Kier alpha value is -1.72. The van der Waals surface area contributed by atoms with Crippen LogP contribution in [0.1, 0.15) is 15.9 Å². The van der Waals surface area contributed by atoms with Crippen LogP contribution in [0, 0.1) is 0 Å². The average molecular weight is 260 g/mol. The van der Waals surface area contributed by atoms with Gasteiger partial charge in [-0.1, -0.05) is 6.07 Å². The Kier molecular flexibility index (Phi) is 4.58. The van der Waals surface area contributed by atoms with Gasteiger partial charge in [-0.25, -0.2) is 13.2 Å². The number of hydrogen-bond acceptors (Lipinski definition) is 2. The van der Waals surface area contributed by atoms with Gasteiger partial charge in [0.05, 0.1) is 11.0 Å². The lowest BCUT2D eigenvalue weighted by molar-refractivity contribution is 0.0964. The maximum atomic E-state index is 12.9. The van der Waals surface area contributed by atoms with Gasteiger partial charge in [0.25, 0.3) is 5.91 Å². The van der Waals surface area contributed by atoms with Crippen LogP contribution in [0.3, 0.4) is 0 Å². The number of carbonyl (C=O) groups is 1. The minimum Gasteiger partial charge on any atom is -0.398 e. The average Bonchev–Trinajstić information content (AvgIpc) is 2.41. The maximum absolute atomic E-state index is 12.9. The number of alkyl halides is 3. The quantitative estimate of drug-likeness (QED) is 0.793. The van der Waals surface area contributed by atoms with E-state index in [2.05, 4.69) is 5.32 Å². The van der Waals surface area contributed by atoms with Crippen molar-refractivity contribution in [2.75, 3.05) is 32.8 Å².